The van der Waals surface area contributed by atoms with Gasteiger partial charge in [-0.1, -0.05) is 30.8 Å². The van der Waals surface area contributed by atoms with Gasteiger partial charge in [-0.05, 0) is 71.3 Å². The van der Waals surface area contributed by atoms with Crippen molar-refractivity contribution in [2.75, 3.05) is 10.6 Å². The Kier molecular flexibility index (Phi) is 6.27. The number of hydrogen-bond donors (Lipinski definition) is 2. The van der Waals surface area contributed by atoms with E-state index in [0.717, 1.165) is 33.2 Å². The maximum Gasteiger partial charge on any atom is 0.255 e. The molecule has 36 heavy (non-hydrogen) atoms. The molecule has 0 radical (unpaired) electrons. The van der Waals surface area contributed by atoms with Gasteiger partial charge in [0, 0.05) is 34.6 Å². The fraction of sp³-hybridized carbons (Fsp3) is 0. The molecule has 0 saturated carbocycles. The van der Waals surface area contributed by atoms with Gasteiger partial charge in [-0.2, -0.15) is 0 Å². The first-order chi connectivity index (χ1) is 17.6. The average Bonchev–Trinajstić information content (AvgIpc) is 2.93. The summed E-state index contributed by atoms with van der Waals surface area (Å²) in [6.07, 6.45) is 7.78. The Morgan fingerprint density at radius 2 is 1.61 bits per heavy atom. The quantitative estimate of drug-likeness (QED) is 0.308. The van der Waals surface area contributed by atoms with E-state index in [0.29, 0.717) is 16.9 Å². The largest absolute Gasteiger partial charge is 0.323 e. The Morgan fingerprint density at radius 1 is 0.778 bits per heavy atom. The molecule has 0 saturated heterocycles. The van der Waals surface area contributed by atoms with Gasteiger partial charge in [-0.25, -0.2) is 9.97 Å². The molecule has 0 bridgehead atoms. The minimum atomic E-state index is -0.277. The zero-order chi connectivity index (χ0) is 24.9. The van der Waals surface area contributed by atoms with Crippen LogP contribution in [0.1, 0.15) is 10.4 Å². The van der Waals surface area contributed by atoms with E-state index in [-0.39, 0.29) is 11.8 Å². The van der Waals surface area contributed by atoms with Crippen LogP contribution in [0.25, 0.3) is 33.2 Å². The van der Waals surface area contributed by atoms with Gasteiger partial charge in [0.05, 0.1) is 17.4 Å². The van der Waals surface area contributed by atoms with Gasteiger partial charge in [-0.3, -0.25) is 14.6 Å². The van der Waals surface area contributed by atoms with Gasteiger partial charge >= 0.3 is 0 Å². The van der Waals surface area contributed by atoms with Crippen molar-refractivity contribution < 1.29 is 9.59 Å². The number of aromatic nitrogens is 3. The number of nitrogens with zero attached hydrogens (tertiary/aromatic N) is 3. The van der Waals surface area contributed by atoms with Crippen LogP contribution in [0, 0.1) is 0 Å². The van der Waals surface area contributed by atoms with Gasteiger partial charge in [0.15, 0.2) is 0 Å². The SMILES string of the molecule is C=CC(=O)Nc1cccc(-c2cc(-c3ccc(C(=O)Nc4cccnc4)cc3)cc3cncnc23)c1. The number of nitrogens with one attached hydrogen (secondary N) is 2. The molecule has 7 heteroatoms. The van der Waals surface area contributed by atoms with E-state index < -0.39 is 0 Å². The summed E-state index contributed by atoms with van der Waals surface area (Å²) in [6.45, 7) is 3.50. The second-order valence-electron chi connectivity index (χ2n) is 8.03. The number of amides is 2. The van der Waals surface area contributed by atoms with E-state index >= 15 is 0 Å². The number of pyridine rings is 1. The Hall–Kier alpha value is -5.17. The Labute approximate surface area is 207 Å². The molecule has 0 fully saturated rings. The van der Waals surface area contributed by atoms with Gasteiger partial charge in [0.2, 0.25) is 5.91 Å². The van der Waals surface area contributed by atoms with Crippen molar-refractivity contribution in [1.82, 2.24) is 15.0 Å². The predicted octanol–water partition coefficient (Wildman–Crippen LogP) is 5.74. The van der Waals surface area contributed by atoms with Crippen molar-refractivity contribution in [2.24, 2.45) is 0 Å². The molecule has 2 aromatic heterocycles. The van der Waals surface area contributed by atoms with Gasteiger partial charge in [0.1, 0.15) is 6.33 Å². The number of hydrogen-bond acceptors (Lipinski definition) is 5. The molecule has 2 amide bonds. The van der Waals surface area contributed by atoms with Crippen LogP contribution >= 0.6 is 0 Å². The summed E-state index contributed by atoms with van der Waals surface area (Å²) in [5, 5.41) is 6.52. The highest BCUT2D eigenvalue weighted by Gasteiger charge is 2.12. The molecule has 5 aromatic rings. The minimum absolute atomic E-state index is 0.208. The van der Waals surface area contributed by atoms with Gasteiger partial charge < -0.3 is 10.6 Å². The molecule has 5 rings (SSSR count). The lowest BCUT2D eigenvalue weighted by molar-refractivity contribution is -0.111. The third-order valence-corrected chi connectivity index (χ3v) is 5.63. The van der Waals surface area contributed by atoms with E-state index in [9.17, 15) is 9.59 Å². The van der Waals surface area contributed by atoms with Crippen LogP contribution in [-0.2, 0) is 4.79 Å². The Morgan fingerprint density at radius 3 is 2.39 bits per heavy atom. The van der Waals surface area contributed by atoms with Crippen LogP contribution in [0.15, 0.2) is 110 Å². The van der Waals surface area contributed by atoms with Crippen molar-refractivity contribution >= 4 is 34.1 Å². The number of benzene rings is 3. The topological polar surface area (TPSA) is 96.9 Å². The molecule has 0 aliphatic heterocycles. The van der Waals surface area contributed by atoms with Crippen molar-refractivity contribution in [2.45, 2.75) is 0 Å². The third kappa shape index (κ3) is 4.85. The zero-order valence-corrected chi connectivity index (χ0v) is 19.2. The normalized spacial score (nSPS) is 10.6. The van der Waals surface area contributed by atoms with Gasteiger partial charge in [-0.15, -0.1) is 0 Å². The number of carbonyl (C=O) groups excluding carboxylic acids is 2. The lowest BCUT2D eigenvalue weighted by atomic mass is 9.95. The first-order valence-corrected chi connectivity index (χ1v) is 11.2. The molecule has 7 nitrogen and oxygen atoms in total. The molecular formula is C29H21N5O2. The van der Waals surface area contributed by atoms with E-state index in [1.54, 1.807) is 42.9 Å². The van der Waals surface area contributed by atoms with Crippen LogP contribution in [0.3, 0.4) is 0 Å². The highest BCUT2D eigenvalue weighted by molar-refractivity contribution is 6.05. The molecule has 0 spiro atoms. The number of fused-ring (bicyclic) bond motifs is 1. The van der Waals surface area contributed by atoms with E-state index in [2.05, 4.69) is 38.2 Å². The summed E-state index contributed by atoms with van der Waals surface area (Å²) in [6, 6.07) is 22.6. The van der Waals surface area contributed by atoms with E-state index in [4.69, 9.17) is 0 Å². The van der Waals surface area contributed by atoms with Crippen LogP contribution in [0.4, 0.5) is 11.4 Å². The smallest absolute Gasteiger partial charge is 0.255 e. The Bertz CT molecular complexity index is 1580. The van der Waals surface area contributed by atoms with Crippen molar-refractivity contribution in [3.05, 3.63) is 116 Å². The monoisotopic (exact) mass is 471 g/mol. The molecule has 0 unspecified atom stereocenters. The first-order valence-electron chi connectivity index (χ1n) is 11.2. The van der Waals surface area contributed by atoms with Crippen LogP contribution in [0.2, 0.25) is 0 Å². The molecule has 3 aromatic carbocycles. The average molecular weight is 472 g/mol. The standard InChI is InChI=1S/C29H21N5O2/c1-2-27(35)33-24-6-3-5-21(14-24)26-15-22(13-23-16-31-18-32-28(23)26)19-8-10-20(11-9-19)29(36)34-25-7-4-12-30-17-25/h2-18H,1H2,(H,33,35)(H,34,36). The number of carbonyl (C=O) groups is 2. The number of rotatable bonds is 6. The molecule has 0 aliphatic carbocycles. The molecular weight excluding hydrogens is 450 g/mol. The molecule has 2 N–H and O–H groups in total. The third-order valence-electron chi connectivity index (χ3n) is 5.63. The summed E-state index contributed by atoms with van der Waals surface area (Å²) in [4.78, 5) is 37.1. The first kappa shape index (κ1) is 22.6. The maximum absolute atomic E-state index is 12.6. The zero-order valence-electron chi connectivity index (χ0n) is 19.2. The molecule has 2 heterocycles. The van der Waals surface area contributed by atoms with E-state index in [1.165, 1.54) is 12.4 Å². The summed E-state index contributed by atoms with van der Waals surface area (Å²) in [7, 11) is 0. The van der Waals surface area contributed by atoms with Crippen molar-refractivity contribution in [3.8, 4) is 22.3 Å². The molecule has 0 atom stereocenters. The van der Waals surface area contributed by atoms with E-state index in [1.807, 2.05) is 42.5 Å². The maximum atomic E-state index is 12.6. The Balaban J connectivity index is 1.50. The fourth-order valence-electron chi connectivity index (χ4n) is 3.90. The highest BCUT2D eigenvalue weighted by atomic mass is 16.2. The van der Waals surface area contributed by atoms with Crippen molar-refractivity contribution in [1.29, 1.82) is 0 Å². The van der Waals surface area contributed by atoms with Crippen LogP contribution in [-0.4, -0.2) is 26.8 Å². The highest BCUT2D eigenvalue weighted by Crippen LogP contribution is 2.34. The summed E-state index contributed by atoms with van der Waals surface area (Å²) in [5.41, 5.74) is 6.33. The molecule has 174 valence electrons. The van der Waals surface area contributed by atoms with Crippen LogP contribution < -0.4 is 10.6 Å². The lowest BCUT2D eigenvalue weighted by Gasteiger charge is -2.12. The van der Waals surface area contributed by atoms with Crippen molar-refractivity contribution in [3.63, 3.8) is 0 Å². The van der Waals surface area contributed by atoms with Gasteiger partial charge in [0.25, 0.3) is 5.91 Å². The van der Waals surface area contributed by atoms with Crippen LogP contribution in [0.5, 0.6) is 0 Å². The summed E-state index contributed by atoms with van der Waals surface area (Å²) < 4.78 is 0. The lowest BCUT2D eigenvalue weighted by Crippen LogP contribution is -2.11. The predicted molar refractivity (Wildman–Crippen MR) is 141 cm³/mol. The summed E-state index contributed by atoms with van der Waals surface area (Å²) in [5.74, 6) is -0.485. The second-order valence-corrected chi connectivity index (χ2v) is 8.03. The second kappa shape index (κ2) is 9.99. The summed E-state index contributed by atoms with van der Waals surface area (Å²) >= 11 is 0. The fourth-order valence-corrected chi connectivity index (χ4v) is 3.90. The number of anilines is 2. The minimum Gasteiger partial charge on any atom is -0.323 e. The molecule has 0 aliphatic rings.